The Bertz CT molecular complexity index is 570. The summed E-state index contributed by atoms with van der Waals surface area (Å²) in [5.74, 6) is 3.31. The number of nitrogens with zero attached hydrogens (tertiary/aromatic N) is 2. The summed E-state index contributed by atoms with van der Waals surface area (Å²) in [5, 5.41) is 6.72. The highest BCUT2D eigenvalue weighted by molar-refractivity contribution is 5.79. The summed E-state index contributed by atoms with van der Waals surface area (Å²) >= 11 is 0. The number of benzene rings is 1. The van der Waals surface area contributed by atoms with Crippen molar-refractivity contribution in [1.29, 1.82) is 0 Å². The molecule has 0 bridgehead atoms. The molecule has 0 aliphatic carbocycles. The van der Waals surface area contributed by atoms with Crippen LogP contribution in [0.5, 0.6) is 11.5 Å². The number of ether oxygens (including phenoxy) is 2. The molecule has 1 aromatic rings. The molecule has 1 fully saturated rings. The van der Waals surface area contributed by atoms with Crippen LogP contribution in [-0.4, -0.2) is 63.3 Å². The summed E-state index contributed by atoms with van der Waals surface area (Å²) in [5.41, 5.74) is 0. The largest absolute Gasteiger partial charge is 0.486 e. The van der Waals surface area contributed by atoms with Gasteiger partial charge in [-0.15, -0.1) is 0 Å². The van der Waals surface area contributed by atoms with Crippen molar-refractivity contribution in [3.05, 3.63) is 24.3 Å². The third kappa shape index (κ3) is 5.26. The Morgan fingerprint density at radius 3 is 2.72 bits per heavy atom. The van der Waals surface area contributed by atoms with E-state index in [-0.39, 0.29) is 6.10 Å². The molecule has 2 aliphatic heterocycles. The number of aliphatic imine (C=N–C) groups is 1. The number of nitrogens with one attached hydrogen (secondary N) is 2. The first-order chi connectivity index (χ1) is 12.2. The highest BCUT2D eigenvalue weighted by Crippen LogP contribution is 2.30. The second-order valence-corrected chi connectivity index (χ2v) is 6.90. The highest BCUT2D eigenvalue weighted by atomic mass is 16.6. The average molecular weight is 346 g/mol. The Morgan fingerprint density at radius 1 is 1.20 bits per heavy atom. The molecule has 0 aromatic heterocycles. The van der Waals surface area contributed by atoms with E-state index < -0.39 is 0 Å². The van der Waals surface area contributed by atoms with Crippen LogP contribution in [0.3, 0.4) is 0 Å². The molecule has 0 spiro atoms. The maximum atomic E-state index is 5.96. The van der Waals surface area contributed by atoms with Gasteiger partial charge >= 0.3 is 0 Å². The van der Waals surface area contributed by atoms with Gasteiger partial charge in [0.25, 0.3) is 0 Å². The van der Waals surface area contributed by atoms with Gasteiger partial charge in [0.1, 0.15) is 12.7 Å². The first-order valence-electron chi connectivity index (χ1n) is 9.30. The molecule has 138 valence electrons. The van der Waals surface area contributed by atoms with Crippen molar-refractivity contribution in [1.82, 2.24) is 15.5 Å². The van der Waals surface area contributed by atoms with Crippen molar-refractivity contribution in [3.8, 4) is 11.5 Å². The minimum atomic E-state index is -0.0166. The van der Waals surface area contributed by atoms with Crippen LogP contribution in [0.4, 0.5) is 0 Å². The van der Waals surface area contributed by atoms with Crippen molar-refractivity contribution < 1.29 is 9.47 Å². The Morgan fingerprint density at radius 2 is 1.96 bits per heavy atom. The smallest absolute Gasteiger partial charge is 0.191 e. The van der Waals surface area contributed by atoms with Crippen LogP contribution in [0, 0.1) is 5.92 Å². The summed E-state index contributed by atoms with van der Waals surface area (Å²) in [6.07, 6.45) is 2.61. The molecule has 0 amide bonds. The number of piperidine rings is 1. The van der Waals surface area contributed by atoms with Crippen LogP contribution in [0.15, 0.2) is 29.3 Å². The van der Waals surface area contributed by atoms with E-state index in [2.05, 4.69) is 27.4 Å². The third-order valence-corrected chi connectivity index (χ3v) is 4.89. The maximum absolute atomic E-state index is 5.96. The lowest BCUT2D eigenvalue weighted by Crippen LogP contribution is -2.47. The molecule has 1 saturated heterocycles. The second kappa shape index (κ2) is 8.94. The summed E-state index contributed by atoms with van der Waals surface area (Å²) in [6.45, 7) is 7.94. The van der Waals surface area contributed by atoms with Gasteiger partial charge in [0, 0.05) is 20.1 Å². The number of fused-ring (bicyclic) bond motifs is 1. The molecule has 6 heteroatoms. The molecule has 25 heavy (non-hydrogen) atoms. The molecule has 6 nitrogen and oxygen atoms in total. The predicted molar refractivity (Wildman–Crippen MR) is 101 cm³/mol. The number of para-hydroxylation sites is 2. The van der Waals surface area contributed by atoms with Gasteiger partial charge in [0.15, 0.2) is 17.5 Å². The van der Waals surface area contributed by atoms with Gasteiger partial charge < -0.3 is 25.0 Å². The Balaban J connectivity index is 1.35. The SMILES string of the molecule is CN=C(NCCN1CCC(C)CC1)NCC1COc2ccccc2O1. The first kappa shape index (κ1) is 17.9. The van der Waals surface area contributed by atoms with Gasteiger partial charge in [0.2, 0.25) is 0 Å². The van der Waals surface area contributed by atoms with E-state index in [4.69, 9.17) is 9.47 Å². The van der Waals surface area contributed by atoms with Crippen LogP contribution < -0.4 is 20.1 Å². The zero-order valence-corrected chi connectivity index (χ0v) is 15.3. The quantitative estimate of drug-likeness (QED) is 0.628. The summed E-state index contributed by atoms with van der Waals surface area (Å²) in [4.78, 5) is 6.81. The van der Waals surface area contributed by atoms with E-state index in [9.17, 15) is 0 Å². The summed E-state index contributed by atoms with van der Waals surface area (Å²) < 4.78 is 11.7. The van der Waals surface area contributed by atoms with E-state index in [0.717, 1.165) is 36.5 Å². The van der Waals surface area contributed by atoms with Gasteiger partial charge in [-0.25, -0.2) is 0 Å². The highest BCUT2D eigenvalue weighted by Gasteiger charge is 2.20. The molecule has 1 atom stereocenters. The second-order valence-electron chi connectivity index (χ2n) is 6.90. The Labute approximate surface area is 150 Å². The molecule has 2 aliphatic rings. The van der Waals surface area contributed by atoms with E-state index in [1.165, 1.54) is 25.9 Å². The van der Waals surface area contributed by atoms with Crippen molar-refractivity contribution >= 4 is 5.96 Å². The van der Waals surface area contributed by atoms with Crippen LogP contribution in [0.25, 0.3) is 0 Å². The van der Waals surface area contributed by atoms with Gasteiger partial charge in [-0.1, -0.05) is 19.1 Å². The van der Waals surface area contributed by atoms with Crippen LogP contribution in [-0.2, 0) is 0 Å². The zero-order valence-electron chi connectivity index (χ0n) is 15.3. The lowest BCUT2D eigenvalue weighted by Gasteiger charge is -2.30. The van der Waals surface area contributed by atoms with E-state index in [1.54, 1.807) is 7.05 Å². The van der Waals surface area contributed by atoms with Gasteiger partial charge in [-0.3, -0.25) is 4.99 Å². The van der Waals surface area contributed by atoms with Crippen LogP contribution in [0.2, 0.25) is 0 Å². The molecular weight excluding hydrogens is 316 g/mol. The minimum Gasteiger partial charge on any atom is -0.486 e. The molecule has 3 rings (SSSR count). The minimum absolute atomic E-state index is 0.0166. The Hall–Kier alpha value is -1.95. The van der Waals surface area contributed by atoms with Gasteiger partial charge in [0.05, 0.1) is 6.54 Å². The van der Waals surface area contributed by atoms with Crippen molar-refractivity contribution in [2.45, 2.75) is 25.9 Å². The molecule has 2 N–H and O–H groups in total. The van der Waals surface area contributed by atoms with Crippen molar-refractivity contribution in [2.24, 2.45) is 10.9 Å². The van der Waals surface area contributed by atoms with E-state index in [0.29, 0.717) is 13.2 Å². The van der Waals surface area contributed by atoms with Gasteiger partial charge in [-0.2, -0.15) is 0 Å². The fourth-order valence-electron chi connectivity index (χ4n) is 3.21. The fraction of sp³-hybridized carbons (Fsp3) is 0.632. The maximum Gasteiger partial charge on any atom is 0.191 e. The van der Waals surface area contributed by atoms with Crippen LogP contribution in [0.1, 0.15) is 19.8 Å². The topological polar surface area (TPSA) is 58.1 Å². The standard InChI is InChI=1S/C19H30N4O2/c1-15-7-10-23(11-8-15)12-9-21-19(20-2)22-13-16-14-24-17-5-3-4-6-18(17)25-16/h3-6,15-16H,7-14H2,1-2H3,(H2,20,21,22). The fourth-order valence-corrected chi connectivity index (χ4v) is 3.21. The summed E-state index contributed by atoms with van der Waals surface area (Å²) in [6, 6.07) is 7.78. The van der Waals surface area contributed by atoms with Crippen molar-refractivity contribution in [2.75, 3.05) is 46.4 Å². The monoisotopic (exact) mass is 346 g/mol. The molecule has 1 unspecified atom stereocenters. The third-order valence-electron chi connectivity index (χ3n) is 4.89. The molecule has 0 radical (unpaired) electrons. The molecule has 1 aromatic carbocycles. The molecule has 2 heterocycles. The van der Waals surface area contributed by atoms with E-state index in [1.807, 2.05) is 24.3 Å². The predicted octanol–water partition coefficient (Wildman–Crippen LogP) is 1.72. The number of hydrogen-bond donors (Lipinski definition) is 2. The first-order valence-corrected chi connectivity index (χ1v) is 9.30. The number of hydrogen-bond acceptors (Lipinski definition) is 4. The van der Waals surface area contributed by atoms with E-state index >= 15 is 0 Å². The number of likely N-dealkylation sites (tertiary alicyclic amines) is 1. The number of guanidine groups is 1. The molecular formula is C19H30N4O2. The van der Waals surface area contributed by atoms with Crippen molar-refractivity contribution in [3.63, 3.8) is 0 Å². The number of rotatable bonds is 5. The normalized spacial score (nSPS) is 21.8. The lowest BCUT2D eigenvalue weighted by atomic mass is 9.99. The lowest BCUT2D eigenvalue weighted by molar-refractivity contribution is 0.0936. The van der Waals surface area contributed by atoms with Crippen LogP contribution >= 0.6 is 0 Å². The Kier molecular flexibility index (Phi) is 6.39. The summed E-state index contributed by atoms with van der Waals surface area (Å²) in [7, 11) is 1.80. The molecule has 0 saturated carbocycles. The van der Waals surface area contributed by atoms with Gasteiger partial charge in [-0.05, 0) is 44.0 Å². The average Bonchev–Trinajstić information content (AvgIpc) is 2.66. The zero-order chi connectivity index (χ0) is 17.5.